The van der Waals surface area contributed by atoms with E-state index < -0.39 is 18.0 Å². The third-order valence-electron chi connectivity index (χ3n) is 5.27. The van der Waals surface area contributed by atoms with E-state index in [0.717, 1.165) is 0 Å². The molecule has 1 aromatic carbocycles. The Bertz CT molecular complexity index is 863. The standard InChI is InChI=1S/C21H28N4O6/c1-4-31-21(28)25-10-8-24(9-11-25)13-16-17(19(26)30-3)18(23-20(27)22-16)14-6-5-7-15(12-14)29-2/h5-7,12,18H,4,8-11,13H2,1-3H3,(H2,22,23,27)/t18-/m1/s1. The van der Waals surface area contributed by atoms with Crippen LogP contribution in [0.4, 0.5) is 9.59 Å². The van der Waals surface area contributed by atoms with E-state index in [1.54, 1.807) is 37.1 Å². The molecule has 1 atom stereocenters. The molecule has 10 nitrogen and oxygen atoms in total. The predicted octanol–water partition coefficient (Wildman–Crippen LogP) is 1.25. The van der Waals surface area contributed by atoms with Gasteiger partial charge in [0, 0.05) is 38.4 Å². The summed E-state index contributed by atoms with van der Waals surface area (Å²) in [5.41, 5.74) is 1.52. The maximum absolute atomic E-state index is 12.7. The molecule has 2 N–H and O–H groups in total. The van der Waals surface area contributed by atoms with Crippen molar-refractivity contribution in [1.29, 1.82) is 0 Å². The molecule has 31 heavy (non-hydrogen) atoms. The van der Waals surface area contributed by atoms with Gasteiger partial charge in [-0.25, -0.2) is 14.4 Å². The van der Waals surface area contributed by atoms with Gasteiger partial charge in [0.15, 0.2) is 0 Å². The number of urea groups is 1. The number of amides is 3. The number of carbonyl (C=O) groups excluding carboxylic acids is 3. The van der Waals surface area contributed by atoms with Crippen LogP contribution < -0.4 is 15.4 Å². The maximum Gasteiger partial charge on any atom is 0.409 e. The van der Waals surface area contributed by atoms with Gasteiger partial charge in [0.2, 0.25) is 0 Å². The quantitative estimate of drug-likeness (QED) is 0.651. The number of ether oxygens (including phenoxy) is 3. The Hall–Kier alpha value is -3.27. The van der Waals surface area contributed by atoms with Crippen LogP contribution in [0.1, 0.15) is 18.5 Å². The van der Waals surface area contributed by atoms with Gasteiger partial charge in [-0.05, 0) is 24.6 Å². The monoisotopic (exact) mass is 432 g/mol. The fourth-order valence-electron chi connectivity index (χ4n) is 3.69. The molecule has 2 aliphatic heterocycles. The third-order valence-corrected chi connectivity index (χ3v) is 5.27. The number of hydrogen-bond donors (Lipinski definition) is 2. The first kappa shape index (κ1) is 22.4. The Morgan fingerprint density at radius 2 is 1.90 bits per heavy atom. The summed E-state index contributed by atoms with van der Waals surface area (Å²) in [6.45, 7) is 4.63. The van der Waals surface area contributed by atoms with E-state index in [1.807, 2.05) is 6.07 Å². The van der Waals surface area contributed by atoms with Gasteiger partial charge in [-0.1, -0.05) is 12.1 Å². The molecule has 0 unspecified atom stereocenters. The van der Waals surface area contributed by atoms with Crippen molar-refractivity contribution in [3.8, 4) is 5.75 Å². The van der Waals surface area contributed by atoms with Gasteiger partial charge in [-0.2, -0.15) is 0 Å². The van der Waals surface area contributed by atoms with E-state index in [4.69, 9.17) is 14.2 Å². The molecule has 0 saturated carbocycles. The SMILES string of the molecule is CCOC(=O)N1CCN(CC2=C(C(=O)OC)[C@@H](c3cccc(OC)c3)NC(=O)N2)CC1. The van der Waals surface area contributed by atoms with Crippen LogP contribution in [0, 0.1) is 0 Å². The van der Waals surface area contributed by atoms with E-state index >= 15 is 0 Å². The van der Waals surface area contributed by atoms with Crippen LogP contribution in [0.2, 0.25) is 0 Å². The maximum atomic E-state index is 12.7. The highest BCUT2D eigenvalue weighted by molar-refractivity contribution is 5.95. The second-order valence-corrected chi connectivity index (χ2v) is 7.15. The summed E-state index contributed by atoms with van der Waals surface area (Å²) in [6, 6.07) is 6.10. The lowest BCUT2D eigenvalue weighted by Gasteiger charge is -2.36. The number of esters is 1. The normalized spacial score (nSPS) is 19.4. The molecule has 0 aromatic heterocycles. The highest BCUT2D eigenvalue weighted by Gasteiger charge is 2.35. The summed E-state index contributed by atoms with van der Waals surface area (Å²) in [4.78, 5) is 40.7. The molecule has 1 fully saturated rings. The average Bonchev–Trinajstić information content (AvgIpc) is 2.79. The van der Waals surface area contributed by atoms with E-state index in [-0.39, 0.29) is 6.09 Å². The molecule has 0 bridgehead atoms. The Kier molecular flexibility index (Phi) is 7.35. The highest BCUT2D eigenvalue weighted by Crippen LogP contribution is 2.30. The van der Waals surface area contributed by atoms with Crippen LogP contribution in [-0.4, -0.2) is 81.4 Å². The van der Waals surface area contributed by atoms with Gasteiger partial charge >= 0.3 is 18.1 Å². The third kappa shape index (κ3) is 5.26. The van der Waals surface area contributed by atoms with Crippen LogP contribution in [0.5, 0.6) is 5.75 Å². The number of carbonyl (C=O) groups is 3. The summed E-state index contributed by atoms with van der Waals surface area (Å²) in [5, 5.41) is 5.56. The van der Waals surface area contributed by atoms with Crippen LogP contribution in [0.25, 0.3) is 0 Å². The van der Waals surface area contributed by atoms with Crippen molar-refractivity contribution in [2.24, 2.45) is 0 Å². The number of nitrogens with one attached hydrogen (secondary N) is 2. The van der Waals surface area contributed by atoms with E-state index in [9.17, 15) is 14.4 Å². The highest BCUT2D eigenvalue weighted by atomic mass is 16.6. The minimum Gasteiger partial charge on any atom is -0.497 e. The first-order chi connectivity index (χ1) is 15.0. The molecule has 3 rings (SSSR count). The number of rotatable bonds is 6. The molecule has 168 valence electrons. The molecule has 1 saturated heterocycles. The molecule has 0 radical (unpaired) electrons. The zero-order chi connectivity index (χ0) is 22.4. The molecule has 0 spiro atoms. The van der Waals surface area contributed by atoms with Crippen LogP contribution in [0.15, 0.2) is 35.5 Å². The van der Waals surface area contributed by atoms with Gasteiger partial charge in [0.05, 0.1) is 32.4 Å². The van der Waals surface area contributed by atoms with Crippen LogP contribution >= 0.6 is 0 Å². The number of nitrogens with zero attached hydrogens (tertiary/aromatic N) is 2. The van der Waals surface area contributed by atoms with E-state index in [0.29, 0.717) is 61.9 Å². The topological polar surface area (TPSA) is 109 Å². The van der Waals surface area contributed by atoms with Crippen molar-refractivity contribution in [2.75, 3.05) is 53.6 Å². The smallest absolute Gasteiger partial charge is 0.409 e. The first-order valence-electron chi connectivity index (χ1n) is 10.1. The van der Waals surface area contributed by atoms with Crippen molar-refractivity contribution >= 4 is 18.1 Å². The van der Waals surface area contributed by atoms with E-state index in [1.165, 1.54) is 7.11 Å². The lowest BCUT2D eigenvalue weighted by atomic mass is 9.94. The Balaban J connectivity index is 1.83. The van der Waals surface area contributed by atoms with Crippen molar-refractivity contribution < 1.29 is 28.6 Å². The molecular weight excluding hydrogens is 404 g/mol. The average molecular weight is 432 g/mol. The summed E-state index contributed by atoms with van der Waals surface area (Å²) in [5.74, 6) is 0.0895. The Morgan fingerprint density at radius 3 is 2.55 bits per heavy atom. The predicted molar refractivity (Wildman–Crippen MR) is 111 cm³/mol. The largest absolute Gasteiger partial charge is 0.497 e. The zero-order valence-electron chi connectivity index (χ0n) is 18.0. The number of methoxy groups -OCH3 is 2. The van der Waals surface area contributed by atoms with Crippen molar-refractivity contribution in [3.63, 3.8) is 0 Å². The number of piperazine rings is 1. The summed E-state index contributed by atoms with van der Waals surface area (Å²) >= 11 is 0. The van der Waals surface area contributed by atoms with Crippen molar-refractivity contribution in [2.45, 2.75) is 13.0 Å². The molecule has 2 aliphatic rings. The first-order valence-corrected chi connectivity index (χ1v) is 10.1. The minimum absolute atomic E-state index is 0.329. The number of hydrogen-bond acceptors (Lipinski definition) is 7. The molecule has 10 heteroatoms. The summed E-state index contributed by atoms with van der Waals surface area (Å²) < 4.78 is 15.3. The number of benzene rings is 1. The van der Waals surface area contributed by atoms with Crippen molar-refractivity contribution in [3.05, 3.63) is 41.1 Å². The van der Waals surface area contributed by atoms with Gasteiger partial charge in [0.1, 0.15) is 5.75 Å². The molecule has 3 amide bonds. The fraction of sp³-hybridized carbons (Fsp3) is 0.476. The second kappa shape index (κ2) is 10.2. The fourth-order valence-corrected chi connectivity index (χ4v) is 3.69. The summed E-state index contributed by atoms with van der Waals surface area (Å²) in [6.07, 6.45) is -0.329. The Morgan fingerprint density at radius 1 is 1.16 bits per heavy atom. The minimum atomic E-state index is -0.674. The lowest BCUT2D eigenvalue weighted by Crippen LogP contribution is -2.52. The van der Waals surface area contributed by atoms with Crippen LogP contribution in [-0.2, 0) is 14.3 Å². The van der Waals surface area contributed by atoms with E-state index in [2.05, 4.69) is 15.5 Å². The van der Waals surface area contributed by atoms with Crippen molar-refractivity contribution in [1.82, 2.24) is 20.4 Å². The van der Waals surface area contributed by atoms with Crippen LogP contribution in [0.3, 0.4) is 0 Å². The molecule has 0 aliphatic carbocycles. The van der Waals surface area contributed by atoms with Gasteiger partial charge < -0.3 is 29.7 Å². The zero-order valence-corrected chi connectivity index (χ0v) is 18.0. The Labute approximate surface area is 181 Å². The van der Waals surface area contributed by atoms with Gasteiger partial charge in [-0.3, -0.25) is 4.90 Å². The molecular formula is C21H28N4O6. The molecule has 2 heterocycles. The summed E-state index contributed by atoms with van der Waals surface area (Å²) in [7, 11) is 2.86. The van der Waals surface area contributed by atoms with Gasteiger partial charge in [-0.15, -0.1) is 0 Å². The second-order valence-electron chi connectivity index (χ2n) is 7.15. The lowest BCUT2D eigenvalue weighted by molar-refractivity contribution is -0.136. The van der Waals surface area contributed by atoms with Gasteiger partial charge in [0.25, 0.3) is 0 Å². The molecule has 1 aromatic rings.